The first-order chi connectivity index (χ1) is 24.5. The SMILES string of the molecule is CC(C)c1nc(CN(C)C(O)NC(CCN(C)C)C(=O)NC(CCC(Cc2ccccc2)NC(=O)OCc2cncs2)Cc2ccccc2)cs1. The van der Waals surface area contributed by atoms with Crippen molar-refractivity contribution >= 4 is 34.7 Å². The van der Waals surface area contributed by atoms with Crippen molar-refractivity contribution < 1.29 is 19.4 Å². The van der Waals surface area contributed by atoms with E-state index in [1.54, 1.807) is 27.9 Å². The highest BCUT2D eigenvalue weighted by atomic mass is 32.1. The fourth-order valence-corrected chi connectivity index (χ4v) is 6.93. The maximum atomic E-state index is 14.0. The van der Waals surface area contributed by atoms with Gasteiger partial charge in [0, 0.05) is 36.1 Å². The maximum absolute atomic E-state index is 14.0. The number of alkyl carbamates (subject to hydrolysis) is 1. The van der Waals surface area contributed by atoms with Crippen molar-refractivity contribution in [3.05, 3.63) is 104 Å². The van der Waals surface area contributed by atoms with Crippen LogP contribution in [0.3, 0.4) is 0 Å². The molecule has 4 rings (SSSR count). The molecular weight excluding hydrogens is 683 g/mol. The van der Waals surface area contributed by atoms with E-state index in [2.05, 4.69) is 46.9 Å². The fourth-order valence-electron chi connectivity index (χ4n) is 5.60. The lowest BCUT2D eigenvalue weighted by Gasteiger charge is -2.30. The predicted octanol–water partition coefficient (Wildman–Crippen LogP) is 5.39. The molecule has 51 heavy (non-hydrogen) atoms. The molecule has 0 saturated heterocycles. The number of amides is 2. The lowest BCUT2D eigenvalue weighted by Crippen LogP contribution is -2.55. The Balaban J connectivity index is 1.45. The molecule has 0 saturated carbocycles. The van der Waals surface area contributed by atoms with E-state index in [9.17, 15) is 14.7 Å². The molecule has 0 bridgehead atoms. The smallest absolute Gasteiger partial charge is 0.407 e. The number of rotatable bonds is 21. The van der Waals surface area contributed by atoms with Gasteiger partial charge < -0.3 is 25.4 Å². The van der Waals surface area contributed by atoms with Gasteiger partial charge in [0.05, 0.1) is 27.1 Å². The zero-order valence-corrected chi connectivity index (χ0v) is 32.0. The van der Waals surface area contributed by atoms with Crippen LogP contribution >= 0.6 is 22.7 Å². The van der Waals surface area contributed by atoms with E-state index in [0.717, 1.165) is 26.7 Å². The lowest BCUT2D eigenvalue weighted by atomic mass is 9.95. The normalized spacial score (nSPS) is 14.0. The second-order valence-electron chi connectivity index (χ2n) is 13.5. The van der Waals surface area contributed by atoms with Crippen molar-refractivity contribution in [2.45, 2.75) is 89.5 Å². The summed E-state index contributed by atoms with van der Waals surface area (Å²) in [6.07, 6.45) is 3.09. The average Bonchev–Trinajstić information content (AvgIpc) is 3.81. The van der Waals surface area contributed by atoms with Crippen LogP contribution in [0, 0.1) is 0 Å². The summed E-state index contributed by atoms with van der Waals surface area (Å²) >= 11 is 3.06. The van der Waals surface area contributed by atoms with Crippen LogP contribution in [-0.2, 0) is 35.5 Å². The zero-order chi connectivity index (χ0) is 36.6. The quantitative estimate of drug-likeness (QED) is 0.0833. The third-order valence-electron chi connectivity index (χ3n) is 8.43. The van der Waals surface area contributed by atoms with E-state index in [1.807, 2.05) is 80.0 Å². The van der Waals surface area contributed by atoms with E-state index in [1.165, 1.54) is 11.3 Å². The third kappa shape index (κ3) is 14.4. The van der Waals surface area contributed by atoms with Gasteiger partial charge in [0.2, 0.25) is 5.91 Å². The minimum absolute atomic E-state index is 0.159. The average molecular weight is 736 g/mol. The van der Waals surface area contributed by atoms with Crippen LogP contribution in [0.25, 0.3) is 0 Å². The van der Waals surface area contributed by atoms with Crippen LogP contribution in [0.4, 0.5) is 4.79 Å². The highest BCUT2D eigenvalue weighted by Crippen LogP contribution is 2.20. The summed E-state index contributed by atoms with van der Waals surface area (Å²) in [5, 5.41) is 23.8. The molecule has 4 unspecified atom stereocenters. The van der Waals surface area contributed by atoms with Crippen molar-refractivity contribution in [2.24, 2.45) is 0 Å². The van der Waals surface area contributed by atoms with E-state index in [-0.39, 0.29) is 24.6 Å². The molecule has 0 aliphatic rings. The summed E-state index contributed by atoms with van der Waals surface area (Å²) < 4.78 is 5.51. The Morgan fingerprint density at radius 2 is 1.51 bits per heavy atom. The van der Waals surface area contributed by atoms with Gasteiger partial charge in [0.25, 0.3) is 0 Å². The first-order valence-electron chi connectivity index (χ1n) is 17.5. The summed E-state index contributed by atoms with van der Waals surface area (Å²) in [4.78, 5) is 40.3. The molecule has 4 atom stereocenters. The standard InChI is InChI=1S/C38H53N7O4S2/c1-27(2)36-41-32(25-50-36)23-45(5)37(47)43-34(18-19-44(3)4)35(46)40-30(20-28-12-8-6-9-13-28)16-17-31(21-29-14-10-7-11-15-29)42-38(48)49-24-33-22-39-26-51-33/h6-15,22,25-27,30-31,34,37,43,47H,16-21,23-24H2,1-5H3,(H,40,46)(H,42,48). The number of thiazole rings is 2. The zero-order valence-electron chi connectivity index (χ0n) is 30.3. The molecule has 2 aromatic heterocycles. The summed E-state index contributed by atoms with van der Waals surface area (Å²) in [6, 6.07) is 19.0. The Morgan fingerprint density at radius 3 is 2.06 bits per heavy atom. The van der Waals surface area contributed by atoms with Gasteiger partial charge in [-0.15, -0.1) is 22.7 Å². The van der Waals surface area contributed by atoms with Crippen molar-refractivity contribution in [3.63, 3.8) is 0 Å². The summed E-state index contributed by atoms with van der Waals surface area (Å²) in [6.45, 7) is 5.48. The number of benzene rings is 2. The van der Waals surface area contributed by atoms with Crippen molar-refractivity contribution in [2.75, 3.05) is 27.7 Å². The van der Waals surface area contributed by atoms with Gasteiger partial charge in [0.15, 0.2) is 6.35 Å². The number of hydrogen-bond donors (Lipinski definition) is 4. The largest absolute Gasteiger partial charge is 0.444 e. The van der Waals surface area contributed by atoms with Crippen LogP contribution in [0.5, 0.6) is 0 Å². The Bertz CT molecular complexity index is 1570. The van der Waals surface area contributed by atoms with Crippen LogP contribution < -0.4 is 16.0 Å². The molecule has 0 fully saturated rings. The molecule has 276 valence electrons. The number of carbonyl (C=O) groups is 2. The molecule has 0 spiro atoms. The lowest BCUT2D eigenvalue weighted by molar-refractivity contribution is -0.126. The second-order valence-corrected chi connectivity index (χ2v) is 15.3. The monoisotopic (exact) mass is 735 g/mol. The van der Waals surface area contributed by atoms with Crippen molar-refractivity contribution in [1.82, 2.24) is 35.7 Å². The van der Waals surface area contributed by atoms with E-state index >= 15 is 0 Å². The van der Waals surface area contributed by atoms with Gasteiger partial charge in [-0.25, -0.2) is 9.78 Å². The van der Waals surface area contributed by atoms with Crippen LogP contribution in [0.1, 0.15) is 65.7 Å². The number of carbonyl (C=O) groups excluding carboxylic acids is 2. The number of ether oxygens (including phenoxy) is 1. The minimum Gasteiger partial charge on any atom is -0.444 e. The molecule has 11 nitrogen and oxygen atoms in total. The second kappa shape index (κ2) is 21.0. The number of aromatic nitrogens is 2. The molecule has 0 aliphatic heterocycles. The minimum atomic E-state index is -1.06. The van der Waals surface area contributed by atoms with E-state index in [0.29, 0.717) is 51.1 Å². The van der Waals surface area contributed by atoms with Crippen LogP contribution in [0.2, 0.25) is 0 Å². The van der Waals surface area contributed by atoms with Crippen molar-refractivity contribution in [1.29, 1.82) is 0 Å². The van der Waals surface area contributed by atoms with Gasteiger partial charge in [-0.05, 0) is 70.9 Å². The number of hydrogen-bond acceptors (Lipinski definition) is 11. The highest BCUT2D eigenvalue weighted by molar-refractivity contribution is 7.09. The predicted molar refractivity (Wildman–Crippen MR) is 204 cm³/mol. The number of nitrogens with zero attached hydrogens (tertiary/aromatic N) is 4. The van der Waals surface area contributed by atoms with Gasteiger partial charge in [0.1, 0.15) is 6.61 Å². The fraction of sp³-hybridized carbons (Fsp3) is 0.474. The van der Waals surface area contributed by atoms with E-state index in [4.69, 9.17) is 9.72 Å². The molecule has 4 N–H and O–H groups in total. The Labute approximate surface area is 310 Å². The van der Waals surface area contributed by atoms with Gasteiger partial charge in [-0.3, -0.25) is 20.0 Å². The van der Waals surface area contributed by atoms with Crippen molar-refractivity contribution in [3.8, 4) is 0 Å². The maximum Gasteiger partial charge on any atom is 0.407 e. The molecule has 4 aromatic rings. The molecule has 0 aliphatic carbocycles. The first kappa shape index (κ1) is 40.1. The topological polar surface area (TPSA) is 132 Å². The first-order valence-corrected chi connectivity index (χ1v) is 19.2. The Morgan fingerprint density at radius 1 is 0.882 bits per heavy atom. The number of aliphatic hydroxyl groups excluding tert-OH is 1. The molecule has 2 amide bonds. The van der Waals surface area contributed by atoms with E-state index < -0.39 is 18.5 Å². The number of nitrogens with one attached hydrogen (secondary N) is 3. The summed E-state index contributed by atoms with van der Waals surface area (Å²) in [5.41, 5.74) is 4.79. The molecule has 13 heteroatoms. The summed E-state index contributed by atoms with van der Waals surface area (Å²) in [7, 11) is 5.74. The van der Waals surface area contributed by atoms with Gasteiger partial charge in [-0.1, -0.05) is 74.5 Å². The third-order valence-corrected chi connectivity index (χ3v) is 10.4. The number of aliphatic hydroxyl groups is 1. The molecule has 0 radical (unpaired) electrons. The van der Waals surface area contributed by atoms with Crippen LogP contribution in [-0.4, -0.2) is 89.0 Å². The summed E-state index contributed by atoms with van der Waals surface area (Å²) in [5.74, 6) is 0.157. The highest BCUT2D eigenvalue weighted by Gasteiger charge is 2.27. The van der Waals surface area contributed by atoms with Gasteiger partial charge in [-0.2, -0.15) is 0 Å². The Kier molecular flexibility index (Phi) is 16.5. The van der Waals surface area contributed by atoms with Gasteiger partial charge >= 0.3 is 6.09 Å². The molecule has 2 aromatic carbocycles. The van der Waals surface area contributed by atoms with Crippen LogP contribution in [0.15, 0.2) is 77.8 Å². The molecule has 2 heterocycles. The Hall–Kier alpha value is -3.72. The molecular formula is C38H53N7O4S2.